The monoisotopic (exact) mass is 235 g/mol. The smallest absolute Gasteiger partial charge is 0.338 e. The van der Waals surface area contributed by atoms with Crippen molar-refractivity contribution in [2.45, 2.75) is 33.1 Å². The molecule has 0 radical (unpaired) electrons. The Kier molecular flexibility index (Phi) is 5.53. The first-order chi connectivity index (χ1) is 8.19. The number of hydrogen-bond donors (Lipinski definition) is 1. The zero-order chi connectivity index (χ0) is 12.7. The highest BCUT2D eigenvalue weighted by Crippen LogP contribution is 2.15. The van der Waals surface area contributed by atoms with Crippen molar-refractivity contribution in [2.24, 2.45) is 0 Å². The van der Waals surface area contributed by atoms with Crippen LogP contribution in [0.4, 0.5) is 5.69 Å². The van der Waals surface area contributed by atoms with Gasteiger partial charge in [-0.25, -0.2) is 4.79 Å². The molecule has 1 rings (SSSR count). The number of rotatable bonds is 6. The predicted molar refractivity (Wildman–Crippen MR) is 70.5 cm³/mol. The van der Waals surface area contributed by atoms with Crippen LogP contribution in [0.3, 0.4) is 0 Å². The van der Waals surface area contributed by atoms with Gasteiger partial charge in [0.25, 0.3) is 0 Å². The minimum atomic E-state index is -0.221. The van der Waals surface area contributed by atoms with Crippen LogP contribution in [0.5, 0.6) is 0 Å². The maximum absolute atomic E-state index is 11.8. The average Bonchev–Trinajstić information content (AvgIpc) is 2.34. The van der Waals surface area contributed by atoms with Crippen molar-refractivity contribution in [1.29, 1.82) is 0 Å². The van der Waals surface area contributed by atoms with Crippen LogP contribution in [0.15, 0.2) is 18.2 Å². The van der Waals surface area contributed by atoms with E-state index in [4.69, 9.17) is 4.74 Å². The Balaban J connectivity index is 2.57. The Morgan fingerprint density at radius 2 is 2.12 bits per heavy atom. The fourth-order valence-electron chi connectivity index (χ4n) is 1.64. The van der Waals surface area contributed by atoms with E-state index in [1.165, 1.54) is 0 Å². The highest BCUT2D eigenvalue weighted by atomic mass is 16.5. The molecular formula is C14H21NO2. The normalized spacial score (nSPS) is 10.1. The molecule has 1 aromatic carbocycles. The summed E-state index contributed by atoms with van der Waals surface area (Å²) >= 11 is 0. The average molecular weight is 235 g/mol. The molecular weight excluding hydrogens is 214 g/mol. The Morgan fingerprint density at radius 1 is 1.35 bits per heavy atom. The third-order valence-electron chi connectivity index (χ3n) is 2.72. The lowest BCUT2D eigenvalue weighted by atomic mass is 10.1. The van der Waals surface area contributed by atoms with Crippen molar-refractivity contribution in [2.75, 3.05) is 19.0 Å². The summed E-state index contributed by atoms with van der Waals surface area (Å²) in [7, 11) is 1.86. The van der Waals surface area contributed by atoms with Crippen LogP contribution in [0, 0.1) is 6.92 Å². The lowest BCUT2D eigenvalue weighted by Crippen LogP contribution is -2.08. The van der Waals surface area contributed by atoms with E-state index < -0.39 is 0 Å². The van der Waals surface area contributed by atoms with Crippen LogP contribution in [-0.2, 0) is 4.74 Å². The van der Waals surface area contributed by atoms with Gasteiger partial charge in [-0.1, -0.05) is 19.8 Å². The number of ether oxygens (including phenoxy) is 1. The summed E-state index contributed by atoms with van der Waals surface area (Å²) in [6, 6.07) is 5.64. The molecule has 0 aliphatic heterocycles. The van der Waals surface area contributed by atoms with Crippen molar-refractivity contribution in [3.8, 4) is 0 Å². The number of carbonyl (C=O) groups excluding carboxylic acids is 1. The van der Waals surface area contributed by atoms with Crippen LogP contribution in [-0.4, -0.2) is 19.6 Å². The second-order valence-corrected chi connectivity index (χ2v) is 4.12. The van der Waals surface area contributed by atoms with Gasteiger partial charge in [0.05, 0.1) is 12.2 Å². The lowest BCUT2D eigenvalue weighted by molar-refractivity contribution is 0.0497. The van der Waals surface area contributed by atoms with Gasteiger partial charge in [0, 0.05) is 12.7 Å². The topological polar surface area (TPSA) is 38.3 Å². The quantitative estimate of drug-likeness (QED) is 0.606. The van der Waals surface area contributed by atoms with Gasteiger partial charge in [-0.2, -0.15) is 0 Å². The van der Waals surface area contributed by atoms with Crippen LogP contribution < -0.4 is 5.32 Å². The van der Waals surface area contributed by atoms with Crippen LogP contribution in [0.2, 0.25) is 0 Å². The fourth-order valence-corrected chi connectivity index (χ4v) is 1.64. The first-order valence-electron chi connectivity index (χ1n) is 6.14. The molecule has 0 atom stereocenters. The van der Waals surface area contributed by atoms with E-state index in [-0.39, 0.29) is 5.97 Å². The van der Waals surface area contributed by atoms with E-state index in [0.29, 0.717) is 12.2 Å². The zero-order valence-corrected chi connectivity index (χ0v) is 10.9. The van der Waals surface area contributed by atoms with Crippen molar-refractivity contribution in [3.63, 3.8) is 0 Å². The van der Waals surface area contributed by atoms with E-state index in [1.807, 2.05) is 32.2 Å². The summed E-state index contributed by atoms with van der Waals surface area (Å²) < 4.78 is 5.23. The first kappa shape index (κ1) is 13.6. The van der Waals surface area contributed by atoms with Crippen LogP contribution >= 0.6 is 0 Å². The summed E-state index contributed by atoms with van der Waals surface area (Å²) in [6.07, 6.45) is 3.17. The Bertz CT molecular complexity index is 374. The molecule has 0 bridgehead atoms. The molecule has 0 heterocycles. The van der Waals surface area contributed by atoms with Crippen LogP contribution in [0.25, 0.3) is 0 Å². The van der Waals surface area contributed by atoms with Gasteiger partial charge in [0.15, 0.2) is 0 Å². The molecule has 94 valence electrons. The molecule has 3 nitrogen and oxygen atoms in total. The summed E-state index contributed by atoms with van der Waals surface area (Å²) in [4.78, 5) is 11.8. The number of anilines is 1. The third-order valence-corrected chi connectivity index (χ3v) is 2.72. The molecule has 3 heteroatoms. The molecule has 0 aliphatic carbocycles. The largest absolute Gasteiger partial charge is 0.462 e. The number of hydrogen-bond acceptors (Lipinski definition) is 3. The van der Waals surface area contributed by atoms with Gasteiger partial charge in [0.2, 0.25) is 0 Å². The summed E-state index contributed by atoms with van der Waals surface area (Å²) in [5, 5.41) is 3.04. The first-order valence-corrected chi connectivity index (χ1v) is 6.14. The zero-order valence-electron chi connectivity index (χ0n) is 10.9. The van der Waals surface area contributed by atoms with Crippen molar-refractivity contribution < 1.29 is 9.53 Å². The van der Waals surface area contributed by atoms with E-state index in [1.54, 1.807) is 0 Å². The number of esters is 1. The molecule has 0 aromatic heterocycles. The highest BCUT2D eigenvalue weighted by Gasteiger charge is 2.10. The minimum Gasteiger partial charge on any atom is -0.462 e. The van der Waals surface area contributed by atoms with Crippen LogP contribution in [0.1, 0.15) is 42.1 Å². The van der Waals surface area contributed by atoms with Crippen molar-refractivity contribution in [1.82, 2.24) is 0 Å². The van der Waals surface area contributed by atoms with E-state index in [2.05, 4.69) is 12.2 Å². The SMILES string of the molecule is CCCCCOC(=O)c1ccc(NC)cc1C. The number of carbonyl (C=O) groups is 1. The van der Waals surface area contributed by atoms with Gasteiger partial charge in [-0.3, -0.25) is 0 Å². The molecule has 0 fully saturated rings. The standard InChI is InChI=1S/C14H21NO2/c1-4-5-6-9-17-14(16)13-8-7-12(15-3)10-11(13)2/h7-8,10,15H,4-6,9H2,1-3H3. The van der Waals surface area contributed by atoms with E-state index in [0.717, 1.165) is 30.5 Å². The second-order valence-electron chi connectivity index (χ2n) is 4.12. The Hall–Kier alpha value is -1.51. The summed E-state index contributed by atoms with van der Waals surface area (Å²) in [6.45, 7) is 4.56. The van der Waals surface area contributed by atoms with Gasteiger partial charge >= 0.3 is 5.97 Å². The number of unbranched alkanes of at least 4 members (excludes halogenated alkanes) is 2. The maximum atomic E-state index is 11.8. The number of nitrogens with one attached hydrogen (secondary N) is 1. The lowest BCUT2D eigenvalue weighted by Gasteiger charge is -2.08. The molecule has 0 unspecified atom stereocenters. The van der Waals surface area contributed by atoms with Crippen molar-refractivity contribution in [3.05, 3.63) is 29.3 Å². The van der Waals surface area contributed by atoms with Gasteiger partial charge in [-0.05, 0) is 37.1 Å². The van der Waals surface area contributed by atoms with Gasteiger partial charge in [0.1, 0.15) is 0 Å². The predicted octanol–water partition coefficient (Wildman–Crippen LogP) is 3.38. The van der Waals surface area contributed by atoms with Crippen molar-refractivity contribution >= 4 is 11.7 Å². The summed E-state index contributed by atoms with van der Waals surface area (Å²) in [5.74, 6) is -0.221. The molecule has 17 heavy (non-hydrogen) atoms. The summed E-state index contributed by atoms with van der Waals surface area (Å²) in [5.41, 5.74) is 2.60. The second kappa shape index (κ2) is 6.94. The molecule has 0 saturated carbocycles. The van der Waals surface area contributed by atoms with Gasteiger partial charge < -0.3 is 10.1 Å². The molecule has 0 saturated heterocycles. The highest BCUT2D eigenvalue weighted by molar-refractivity contribution is 5.91. The molecule has 0 spiro atoms. The van der Waals surface area contributed by atoms with Gasteiger partial charge in [-0.15, -0.1) is 0 Å². The number of aryl methyl sites for hydroxylation is 1. The third kappa shape index (κ3) is 4.10. The van der Waals surface area contributed by atoms with E-state index >= 15 is 0 Å². The molecule has 1 aromatic rings. The Labute approximate surface area is 103 Å². The molecule has 1 N–H and O–H groups in total. The fraction of sp³-hybridized carbons (Fsp3) is 0.500. The number of benzene rings is 1. The molecule has 0 amide bonds. The molecule has 0 aliphatic rings. The Morgan fingerprint density at radius 3 is 2.71 bits per heavy atom. The maximum Gasteiger partial charge on any atom is 0.338 e. The van der Waals surface area contributed by atoms with E-state index in [9.17, 15) is 4.79 Å². The minimum absolute atomic E-state index is 0.221.